The molecule has 2 rings (SSSR count). The van der Waals surface area contributed by atoms with Gasteiger partial charge >= 0.3 is 0 Å². The first-order valence-electron chi connectivity index (χ1n) is 8.00. The van der Waals surface area contributed by atoms with Gasteiger partial charge in [-0.15, -0.1) is 0 Å². The van der Waals surface area contributed by atoms with Crippen molar-refractivity contribution in [1.82, 2.24) is 4.72 Å². The molecule has 0 aliphatic carbocycles. The fourth-order valence-electron chi connectivity index (χ4n) is 2.68. The van der Waals surface area contributed by atoms with Crippen molar-refractivity contribution in [3.8, 4) is 11.5 Å². The van der Waals surface area contributed by atoms with Gasteiger partial charge < -0.3 is 19.3 Å². The molecule has 0 saturated carbocycles. The Morgan fingerprint density at radius 1 is 1.24 bits per heavy atom. The topological polar surface area (TPSA) is 94.1 Å². The van der Waals surface area contributed by atoms with Crippen molar-refractivity contribution >= 4 is 21.8 Å². The van der Waals surface area contributed by atoms with Gasteiger partial charge in [-0.3, -0.25) is 0 Å². The lowest BCUT2D eigenvalue weighted by Crippen LogP contribution is -2.48. The fraction of sp³-hybridized carbons (Fsp3) is 0.625. The molecule has 1 heterocycles. The predicted octanol–water partition coefficient (Wildman–Crippen LogP) is 1.26. The van der Waals surface area contributed by atoms with Crippen molar-refractivity contribution in [1.29, 1.82) is 0 Å². The van der Waals surface area contributed by atoms with Crippen LogP contribution in [0, 0.1) is 0 Å². The van der Waals surface area contributed by atoms with E-state index >= 15 is 0 Å². The van der Waals surface area contributed by atoms with Crippen LogP contribution in [0.25, 0.3) is 0 Å². The van der Waals surface area contributed by atoms with Crippen LogP contribution < -0.4 is 14.2 Å². The molecule has 1 aliphatic rings. The summed E-state index contributed by atoms with van der Waals surface area (Å²) in [5.41, 5.74) is -0.590. The van der Waals surface area contributed by atoms with Crippen molar-refractivity contribution in [3.05, 3.63) is 18.2 Å². The molecule has 1 saturated heterocycles. The summed E-state index contributed by atoms with van der Waals surface area (Å²) in [4.78, 5) is 0.0249. The van der Waals surface area contributed by atoms with Crippen LogP contribution in [0.15, 0.2) is 23.1 Å². The quantitative estimate of drug-likeness (QED) is 0.654. The summed E-state index contributed by atoms with van der Waals surface area (Å²) in [5, 5.41) is 9.04. The number of hydrogen-bond acceptors (Lipinski definition) is 7. The lowest BCUT2D eigenvalue weighted by Gasteiger charge is -2.37. The molecule has 25 heavy (non-hydrogen) atoms. The molecule has 1 aromatic carbocycles. The van der Waals surface area contributed by atoms with Crippen LogP contribution in [-0.2, 0) is 14.8 Å². The molecule has 7 nitrogen and oxygen atoms in total. The Balaban J connectivity index is 2.19. The van der Waals surface area contributed by atoms with Gasteiger partial charge in [0.05, 0.1) is 33.0 Å². The number of sulfonamides is 1. The zero-order valence-electron chi connectivity index (χ0n) is 14.5. The number of rotatable bonds is 9. The van der Waals surface area contributed by atoms with E-state index in [1.807, 2.05) is 11.8 Å². The highest BCUT2D eigenvalue weighted by molar-refractivity contribution is 7.99. The Morgan fingerprint density at radius 2 is 1.96 bits per heavy atom. The van der Waals surface area contributed by atoms with E-state index in [2.05, 4.69) is 4.72 Å². The minimum Gasteiger partial charge on any atom is -0.497 e. The number of aliphatic hydroxyl groups excluding tert-OH is 1. The maximum absolute atomic E-state index is 12.8. The van der Waals surface area contributed by atoms with E-state index in [0.29, 0.717) is 5.75 Å². The number of hydrogen-bond donors (Lipinski definition) is 2. The summed E-state index contributed by atoms with van der Waals surface area (Å²) in [6.07, 6.45) is 1.46. The molecule has 1 fully saturated rings. The molecule has 0 amide bonds. The van der Waals surface area contributed by atoms with Crippen LogP contribution in [0.3, 0.4) is 0 Å². The summed E-state index contributed by atoms with van der Waals surface area (Å²) >= 11 is 1.82. The second kappa shape index (κ2) is 9.09. The average molecular weight is 392 g/mol. The lowest BCUT2D eigenvalue weighted by molar-refractivity contribution is -0.0591. The van der Waals surface area contributed by atoms with Crippen LogP contribution in [-0.4, -0.2) is 64.6 Å². The minimum absolute atomic E-state index is 0.0249. The Kier molecular flexibility index (Phi) is 7.38. The smallest absolute Gasteiger partial charge is 0.244 e. The maximum Gasteiger partial charge on any atom is 0.244 e. The predicted molar refractivity (Wildman–Crippen MR) is 97.1 cm³/mol. The molecule has 1 aliphatic heterocycles. The van der Waals surface area contributed by atoms with E-state index in [4.69, 9.17) is 19.3 Å². The highest BCUT2D eigenvalue weighted by Gasteiger charge is 2.35. The third kappa shape index (κ3) is 5.24. The third-order valence-corrected chi connectivity index (χ3v) is 6.56. The van der Waals surface area contributed by atoms with Gasteiger partial charge in [-0.05, 0) is 36.5 Å². The molecule has 2 N–H and O–H groups in total. The number of thioether (sulfide) groups is 1. The Morgan fingerprint density at radius 3 is 2.56 bits per heavy atom. The number of aliphatic hydroxyl groups is 1. The van der Waals surface area contributed by atoms with E-state index in [9.17, 15) is 8.42 Å². The number of benzene rings is 1. The maximum atomic E-state index is 12.8. The first-order valence-corrected chi connectivity index (χ1v) is 10.6. The molecule has 0 spiro atoms. The first-order chi connectivity index (χ1) is 12.0. The van der Waals surface area contributed by atoms with Gasteiger partial charge in [0.15, 0.2) is 0 Å². The number of nitrogens with one attached hydrogen (secondary N) is 1. The third-order valence-electron chi connectivity index (χ3n) is 4.15. The summed E-state index contributed by atoms with van der Waals surface area (Å²) < 4.78 is 44.3. The van der Waals surface area contributed by atoms with Crippen molar-refractivity contribution < 1.29 is 27.7 Å². The fourth-order valence-corrected chi connectivity index (χ4v) is 5.21. The second-order valence-corrected chi connectivity index (χ2v) is 8.67. The molecule has 1 aromatic rings. The van der Waals surface area contributed by atoms with Gasteiger partial charge in [-0.1, -0.05) is 0 Å². The van der Waals surface area contributed by atoms with E-state index in [0.717, 1.165) is 24.3 Å². The zero-order valence-corrected chi connectivity index (χ0v) is 16.1. The average Bonchev–Trinajstić information content (AvgIpc) is 2.65. The van der Waals surface area contributed by atoms with Crippen LogP contribution in [0.4, 0.5) is 0 Å². The van der Waals surface area contributed by atoms with Crippen LogP contribution in [0.5, 0.6) is 11.5 Å². The molecule has 0 radical (unpaired) electrons. The molecule has 9 heteroatoms. The summed E-state index contributed by atoms with van der Waals surface area (Å²) in [6.45, 7) is 0.247. The molecule has 142 valence electrons. The van der Waals surface area contributed by atoms with Gasteiger partial charge in [0, 0.05) is 12.6 Å². The van der Waals surface area contributed by atoms with Crippen molar-refractivity contribution in [2.45, 2.75) is 23.3 Å². The monoisotopic (exact) mass is 391 g/mol. The van der Waals surface area contributed by atoms with Gasteiger partial charge in [0.1, 0.15) is 16.4 Å². The zero-order chi connectivity index (χ0) is 18.3. The van der Waals surface area contributed by atoms with Gasteiger partial charge in [-0.2, -0.15) is 11.8 Å². The number of methoxy groups -OCH3 is 2. The summed E-state index contributed by atoms with van der Waals surface area (Å²) in [6, 6.07) is 4.63. The second-order valence-electron chi connectivity index (χ2n) is 5.71. The number of ether oxygens (including phenoxy) is 3. The highest BCUT2D eigenvalue weighted by Crippen LogP contribution is 2.32. The van der Waals surface area contributed by atoms with E-state index in [-0.39, 0.29) is 30.4 Å². The molecule has 0 bridgehead atoms. The van der Waals surface area contributed by atoms with Gasteiger partial charge in [0.25, 0.3) is 0 Å². The minimum atomic E-state index is -3.80. The van der Waals surface area contributed by atoms with E-state index < -0.39 is 15.6 Å². The molecule has 0 aromatic heterocycles. The van der Waals surface area contributed by atoms with Crippen molar-refractivity contribution in [2.24, 2.45) is 0 Å². The van der Waals surface area contributed by atoms with Crippen LogP contribution in [0.1, 0.15) is 12.8 Å². The van der Waals surface area contributed by atoms with Crippen LogP contribution >= 0.6 is 11.8 Å². The normalized spacial score (nSPS) is 17.2. The van der Waals surface area contributed by atoms with Crippen LogP contribution in [0.2, 0.25) is 0 Å². The standard InChI is InChI=1S/C16H25NO6S2/c1-21-13-3-4-14(22-2)15(11-13)25(19,20)17-12-16(23-8-7-18)5-9-24-10-6-16/h3-4,11,17-18H,5-10,12H2,1-2H3. The Hall–Kier alpha value is -1.00. The van der Waals surface area contributed by atoms with Gasteiger partial charge in [-0.25, -0.2) is 13.1 Å². The van der Waals surface area contributed by atoms with Gasteiger partial charge in [0.2, 0.25) is 10.0 Å². The van der Waals surface area contributed by atoms with E-state index in [1.165, 1.54) is 20.3 Å². The summed E-state index contributed by atoms with van der Waals surface area (Å²) in [5.74, 6) is 2.48. The SMILES string of the molecule is COc1ccc(OC)c(S(=O)(=O)NCC2(OCCO)CCSCC2)c1. The van der Waals surface area contributed by atoms with E-state index in [1.54, 1.807) is 12.1 Å². The molecular weight excluding hydrogens is 366 g/mol. The molecule has 0 atom stereocenters. The largest absolute Gasteiger partial charge is 0.497 e. The van der Waals surface area contributed by atoms with Crippen molar-refractivity contribution in [3.63, 3.8) is 0 Å². The first kappa shape index (κ1) is 20.3. The highest BCUT2D eigenvalue weighted by atomic mass is 32.2. The summed E-state index contributed by atoms with van der Waals surface area (Å²) in [7, 11) is -0.906. The molecular formula is C16H25NO6S2. The molecule has 0 unspecified atom stereocenters. The van der Waals surface area contributed by atoms with Crippen molar-refractivity contribution in [2.75, 3.05) is 45.5 Å². The Labute approximate surface area is 153 Å². The lowest BCUT2D eigenvalue weighted by atomic mass is 9.97. The Bertz CT molecular complexity index is 659.